The van der Waals surface area contributed by atoms with Crippen LogP contribution in [0.2, 0.25) is 5.02 Å². The molecule has 5 heteroatoms. The smallest absolute Gasteiger partial charge is 0.256 e. The highest BCUT2D eigenvalue weighted by molar-refractivity contribution is 9.10. The number of rotatable bonds is 2. The predicted octanol–water partition coefficient (Wildman–Crippen LogP) is 4.80. The molecule has 98 valence electrons. The molecule has 0 unspecified atom stereocenters. The normalized spacial score (nSPS) is 10.3. The van der Waals surface area contributed by atoms with Crippen LogP contribution in [0.15, 0.2) is 40.9 Å². The minimum absolute atomic E-state index is 0.164. The lowest BCUT2D eigenvalue weighted by Gasteiger charge is -2.09. The maximum absolute atomic E-state index is 12.9. The first-order chi connectivity index (χ1) is 8.97. The maximum Gasteiger partial charge on any atom is 0.256 e. The van der Waals surface area contributed by atoms with Gasteiger partial charge in [-0.1, -0.05) is 17.7 Å². The predicted molar refractivity (Wildman–Crippen MR) is 78.2 cm³/mol. The van der Waals surface area contributed by atoms with Crippen molar-refractivity contribution in [3.8, 4) is 0 Å². The summed E-state index contributed by atoms with van der Waals surface area (Å²) in [6, 6.07) is 9.23. The topological polar surface area (TPSA) is 29.1 Å². The zero-order valence-electron chi connectivity index (χ0n) is 10.0. The van der Waals surface area contributed by atoms with Crippen LogP contribution in [0, 0.1) is 12.7 Å². The van der Waals surface area contributed by atoms with E-state index in [1.54, 1.807) is 6.07 Å². The molecule has 2 aromatic rings. The van der Waals surface area contributed by atoms with Gasteiger partial charge in [-0.25, -0.2) is 4.39 Å². The van der Waals surface area contributed by atoms with Gasteiger partial charge in [-0.15, -0.1) is 0 Å². The summed E-state index contributed by atoms with van der Waals surface area (Å²) in [5, 5.41) is 2.81. The highest BCUT2D eigenvalue weighted by atomic mass is 79.9. The standard InChI is InChI=1S/C14H10BrClFNO/c1-8-2-4-10(11(15)6-8)14(19)18-13-5-3-9(17)7-12(13)16/h2-7H,1H3,(H,18,19). The van der Waals surface area contributed by atoms with Gasteiger partial charge in [0.2, 0.25) is 0 Å². The van der Waals surface area contributed by atoms with Crippen LogP contribution in [0.1, 0.15) is 15.9 Å². The molecular formula is C14H10BrClFNO. The van der Waals surface area contributed by atoms with E-state index >= 15 is 0 Å². The Labute approximate surface area is 123 Å². The van der Waals surface area contributed by atoms with Gasteiger partial charge in [-0.2, -0.15) is 0 Å². The second kappa shape index (κ2) is 5.72. The van der Waals surface area contributed by atoms with Gasteiger partial charge in [0, 0.05) is 4.47 Å². The molecule has 2 nitrogen and oxygen atoms in total. The van der Waals surface area contributed by atoms with Crippen LogP contribution >= 0.6 is 27.5 Å². The lowest BCUT2D eigenvalue weighted by molar-refractivity contribution is 0.102. The van der Waals surface area contributed by atoms with Crippen molar-refractivity contribution in [2.24, 2.45) is 0 Å². The summed E-state index contributed by atoms with van der Waals surface area (Å²) >= 11 is 9.20. The van der Waals surface area contributed by atoms with Crippen molar-refractivity contribution in [2.45, 2.75) is 6.92 Å². The minimum atomic E-state index is -0.445. The van der Waals surface area contributed by atoms with E-state index in [9.17, 15) is 9.18 Å². The van der Waals surface area contributed by atoms with E-state index in [4.69, 9.17) is 11.6 Å². The molecular weight excluding hydrogens is 333 g/mol. The molecule has 0 aliphatic carbocycles. The Morgan fingerprint density at radius 3 is 2.63 bits per heavy atom. The van der Waals surface area contributed by atoms with Crippen molar-refractivity contribution >= 4 is 39.1 Å². The number of carbonyl (C=O) groups excluding carboxylic acids is 1. The number of carbonyl (C=O) groups is 1. The summed E-state index contributed by atoms with van der Waals surface area (Å²) in [6.45, 7) is 1.93. The van der Waals surface area contributed by atoms with E-state index in [1.807, 2.05) is 19.1 Å². The van der Waals surface area contributed by atoms with E-state index in [-0.39, 0.29) is 10.9 Å². The van der Waals surface area contributed by atoms with E-state index in [2.05, 4.69) is 21.2 Å². The summed E-state index contributed by atoms with van der Waals surface area (Å²) in [5.41, 5.74) is 1.91. The lowest BCUT2D eigenvalue weighted by atomic mass is 10.1. The average Bonchev–Trinajstić information content (AvgIpc) is 2.32. The first kappa shape index (κ1) is 14.0. The van der Waals surface area contributed by atoms with Crippen molar-refractivity contribution in [2.75, 3.05) is 5.32 Å². The van der Waals surface area contributed by atoms with E-state index in [0.717, 1.165) is 11.6 Å². The number of hydrogen-bond donors (Lipinski definition) is 1. The number of amides is 1. The molecule has 0 fully saturated rings. The third kappa shape index (κ3) is 3.33. The zero-order valence-corrected chi connectivity index (χ0v) is 12.3. The number of hydrogen-bond acceptors (Lipinski definition) is 1. The van der Waals surface area contributed by atoms with Gasteiger partial charge in [-0.05, 0) is 58.7 Å². The van der Waals surface area contributed by atoms with Gasteiger partial charge in [0.05, 0.1) is 16.3 Å². The molecule has 0 radical (unpaired) electrons. The summed E-state index contributed by atoms with van der Waals surface area (Å²) in [7, 11) is 0. The van der Waals surface area contributed by atoms with Gasteiger partial charge < -0.3 is 5.32 Å². The van der Waals surface area contributed by atoms with Crippen LogP contribution in [0.5, 0.6) is 0 Å². The highest BCUT2D eigenvalue weighted by Gasteiger charge is 2.12. The van der Waals surface area contributed by atoms with Crippen LogP contribution in [-0.4, -0.2) is 5.91 Å². The van der Waals surface area contributed by atoms with Gasteiger partial charge in [0.15, 0.2) is 0 Å². The molecule has 2 aromatic carbocycles. The van der Waals surface area contributed by atoms with Crippen LogP contribution in [0.3, 0.4) is 0 Å². The van der Waals surface area contributed by atoms with Crippen LogP contribution in [-0.2, 0) is 0 Å². The molecule has 0 saturated carbocycles. The molecule has 0 spiro atoms. The SMILES string of the molecule is Cc1ccc(C(=O)Nc2ccc(F)cc2Cl)c(Br)c1. The van der Waals surface area contributed by atoms with Crippen molar-refractivity contribution < 1.29 is 9.18 Å². The summed E-state index contributed by atoms with van der Waals surface area (Å²) in [5.74, 6) is -0.750. The van der Waals surface area contributed by atoms with Crippen molar-refractivity contribution in [1.82, 2.24) is 0 Å². The Bertz CT molecular complexity index is 645. The van der Waals surface area contributed by atoms with Crippen LogP contribution < -0.4 is 5.32 Å². The molecule has 2 rings (SSSR count). The fraction of sp³-hybridized carbons (Fsp3) is 0.0714. The molecule has 1 amide bonds. The van der Waals surface area contributed by atoms with Crippen LogP contribution in [0.25, 0.3) is 0 Å². The largest absolute Gasteiger partial charge is 0.321 e. The Morgan fingerprint density at radius 1 is 1.26 bits per heavy atom. The monoisotopic (exact) mass is 341 g/mol. The van der Waals surface area contributed by atoms with Crippen molar-refractivity contribution in [3.05, 3.63) is 62.8 Å². The fourth-order valence-electron chi connectivity index (χ4n) is 1.58. The third-order valence-corrected chi connectivity index (χ3v) is 3.52. The van der Waals surface area contributed by atoms with E-state index < -0.39 is 5.82 Å². The molecule has 0 aromatic heterocycles. The highest BCUT2D eigenvalue weighted by Crippen LogP contribution is 2.25. The first-order valence-corrected chi connectivity index (χ1v) is 6.67. The van der Waals surface area contributed by atoms with Gasteiger partial charge in [0.1, 0.15) is 5.82 Å². The van der Waals surface area contributed by atoms with Gasteiger partial charge in [-0.3, -0.25) is 4.79 Å². The summed E-state index contributed by atoms with van der Waals surface area (Å²) in [6.07, 6.45) is 0. The Hall–Kier alpha value is -1.39. The van der Waals surface area contributed by atoms with Gasteiger partial charge >= 0.3 is 0 Å². The number of halogens is 3. The van der Waals surface area contributed by atoms with Crippen molar-refractivity contribution in [1.29, 1.82) is 0 Å². The Morgan fingerprint density at radius 2 is 2.00 bits per heavy atom. The van der Waals surface area contributed by atoms with E-state index in [0.29, 0.717) is 15.7 Å². The molecule has 0 aliphatic rings. The summed E-state index contributed by atoms with van der Waals surface area (Å²) < 4.78 is 13.6. The second-order valence-electron chi connectivity index (χ2n) is 4.06. The molecule has 0 saturated heterocycles. The lowest BCUT2D eigenvalue weighted by Crippen LogP contribution is -2.13. The number of benzene rings is 2. The number of anilines is 1. The molecule has 0 atom stereocenters. The molecule has 0 heterocycles. The number of aryl methyl sites for hydroxylation is 1. The average molecular weight is 343 g/mol. The third-order valence-electron chi connectivity index (χ3n) is 2.55. The zero-order chi connectivity index (χ0) is 14.0. The molecule has 0 aliphatic heterocycles. The Kier molecular flexibility index (Phi) is 4.22. The Balaban J connectivity index is 2.25. The van der Waals surface area contributed by atoms with Gasteiger partial charge in [0.25, 0.3) is 5.91 Å². The molecule has 1 N–H and O–H groups in total. The summed E-state index contributed by atoms with van der Waals surface area (Å²) in [4.78, 5) is 12.1. The molecule has 0 bridgehead atoms. The van der Waals surface area contributed by atoms with Crippen molar-refractivity contribution in [3.63, 3.8) is 0 Å². The first-order valence-electron chi connectivity index (χ1n) is 5.50. The second-order valence-corrected chi connectivity index (χ2v) is 5.32. The number of nitrogens with one attached hydrogen (secondary N) is 1. The maximum atomic E-state index is 12.9. The quantitative estimate of drug-likeness (QED) is 0.834. The van der Waals surface area contributed by atoms with E-state index in [1.165, 1.54) is 12.1 Å². The fourth-order valence-corrected chi connectivity index (χ4v) is 2.47. The van der Waals surface area contributed by atoms with Crippen LogP contribution in [0.4, 0.5) is 10.1 Å². The minimum Gasteiger partial charge on any atom is -0.321 e. The molecule has 19 heavy (non-hydrogen) atoms.